The molecule has 0 bridgehead atoms. The Morgan fingerprint density at radius 3 is 1.86 bits per heavy atom. The summed E-state index contributed by atoms with van der Waals surface area (Å²) in [7, 11) is 0. The monoisotopic (exact) mass is 651 g/mol. The van der Waals surface area contributed by atoms with Crippen LogP contribution in [0, 0.1) is 0 Å². The Hall–Kier alpha value is -6.36. The molecule has 0 aliphatic rings. The van der Waals surface area contributed by atoms with Gasteiger partial charge in [0.1, 0.15) is 5.69 Å². The highest BCUT2D eigenvalue weighted by Crippen LogP contribution is 2.49. The van der Waals surface area contributed by atoms with E-state index in [1.807, 2.05) is 11.3 Å². The van der Waals surface area contributed by atoms with Crippen molar-refractivity contribution < 1.29 is 0 Å². The van der Waals surface area contributed by atoms with Gasteiger partial charge >= 0.3 is 0 Å². The second kappa shape index (κ2) is 9.63. The normalized spacial score (nSPS) is 12.4. The van der Waals surface area contributed by atoms with E-state index in [0.717, 1.165) is 55.3 Å². The summed E-state index contributed by atoms with van der Waals surface area (Å²) in [6, 6.07) is 55.0. The fraction of sp³-hybridized carbons (Fsp3) is 0. The molecule has 3 aromatic heterocycles. The topological polar surface area (TPSA) is 30.7 Å². The molecule has 0 unspecified atom stereocenters. The molecule has 0 fully saturated rings. The van der Waals surface area contributed by atoms with Gasteiger partial charge in [-0.2, -0.15) is 0 Å². The average molecular weight is 652 g/mol. The van der Waals surface area contributed by atoms with Gasteiger partial charge in [-0.15, -0.1) is 11.3 Å². The van der Waals surface area contributed by atoms with Crippen LogP contribution >= 0.6 is 11.3 Å². The van der Waals surface area contributed by atoms with Crippen LogP contribution in [0.4, 0.5) is 0 Å². The summed E-state index contributed by atoms with van der Waals surface area (Å²) in [5.74, 6) is 0.842. The van der Waals surface area contributed by atoms with Gasteiger partial charge in [0.25, 0.3) is 0 Å². The molecule has 0 amide bonds. The Morgan fingerprint density at radius 1 is 0.400 bits per heavy atom. The van der Waals surface area contributed by atoms with E-state index in [9.17, 15) is 0 Å². The summed E-state index contributed by atoms with van der Waals surface area (Å²) in [5, 5.41) is 14.9. The van der Waals surface area contributed by atoms with Crippen LogP contribution in [0.3, 0.4) is 0 Å². The molecule has 9 aromatic carbocycles. The molecule has 12 aromatic rings. The van der Waals surface area contributed by atoms with E-state index in [4.69, 9.17) is 9.97 Å². The number of thiophene rings is 1. The molecule has 12 rings (SSSR count). The van der Waals surface area contributed by atoms with Crippen LogP contribution in [0.5, 0.6) is 0 Å². The van der Waals surface area contributed by atoms with E-state index in [2.05, 4.69) is 156 Å². The first-order valence-electron chi connectivity index (χ1n) is 17.0. The van der Waals surface area contributed by atoms with Gasteiger partial charge in [0.2, 0.25) is 0 Å². The van der Waals surface area contributed by atoms with Gasteiger partial charge in [0, 0.05) is 41.9 Å². The van der Waals surface area contributed by atoms with E-state index in [1.165, 1.54) is 57.9 Å². The van der Waals surface area contributed by atoms with Gasteiger partial charge in [0.15, 0.2) is 5.82 Å². The van der Waals surface area contributed by atoms with Crippen LogP contribution in [0.15, 0.2) is 152 Å². The van der Waals surface area contributed by atoms with E-state index < -0.39 is 0 Å². The van der Waals surface area contributed by atoms with Crippen molar-refractivity contribution in [2.24, 2.45) is 0 Å². The van der Waals surface area contributed by atoms with Crippen LogP contribution in [0.2, 0.25) is 0 Å². The van der Waals surface area contributed by atoms with Crippen LogP contribution in [-0.4, -0.2) is 14.5 Å². The van der Waals surface area contributed by atoms with Crippen molar-refractivity contribution in [3.63, 3.8) is 0 Å². The van der Waals surface area contributed by atoms with Crippen molar-refractivity contribution in [2.45, 2.75) is 0 Å². The number of fused-ring (bicyclic) bond motifs is 7. The molecule has 3 nitrogen and oxygen atoms in total. The molecule has 0 saturated heterocycles. The van der Waals surface area contributed by atoms with Gasteiger partial charge in [-0.1, -0.05) is 121 Å². The van der Waals surface area contributed by atoms with Crippen molar-refractivity contribution in [3.8, 4) is 17.1 Å². The fourth-order valence-corrected chi connectivity index (χ4v) is 9.78. The maximum Gasteiger partial charge on any atom is 0.165 e. The molecule has 50 heavy (non-hydrogen) atoms. The standard InChI is InChI=1S/C46H25N3S/c1-3-13-28-26(10-1)12-7-19-34(28)45-46(48-44-29-14-4-2-11-27(29)22-23-35(44)47-45)49-36-20-8-17-32-30-15-5-6-16-31(30)33-18-9-21-38-41(33)43-39(50-38)25-24-37(49)42(43)40(32)36/h1-25H. The number of rotatable bonds is 2. The Bertz CT molecular complexity index is 3380. The Morgan fingerprint density at radius 2 is 1.02 bits per heavy atom. The second-order valence-electron chi connectivity index (χ2n) is 13.3. The highest BCUT2D eigenvalue weighted by molar-refractivity contribution is 7.26. The third kappa shape index (κ3) is 3.38. The lowest BCUT2D eigenvalue weighted by Crippen LogP contribution is -2.04. The lowest BCUT2D eigenvalue weighted by molar-refractivity contribution is 1.08. The average Bonchev–Trinajstić information content (AvgIpc) is 3.72. The molecule has 0 N–H and O–H groups in total. The highest BCUT2D eigenvalue weighted by Gasteiger charge is 2.25. The first-order chi connectivity index (χ1) is 24.8. The largest absolute Gasteiger partial charge is 0.292 e. The van der Waals surface area contributed by atoms with Crippen molar-refractivity contribution >= 4 is 107 Å². The van der Waals surface area contributed by atoms with Gasteiger partial charge < -0.3 is 0 Å². The van der Waals surface area contributed by atoms with Gasteiger partial charge in [-0.3, -0.25) is 4.57 Å². The third-order valence-electron chi connectivity index (χ3n) is 10.7. The zero-order valence-electron chi connectivity index (χ0n) is 26.7. The summed E-state index contributed by atoms with van der Waals surface area (Å²) in [6.07, 6.45) is 0. The quantitative estimate of drug-likeness (QED) is 0.174. The van der Waals surface area contributed by atoms with Crippen LogP contribution in [0.1, 0.15) is 0 Å². The molecule has 0 saturated carbocycles. The maximum absolute atomic E-state index is 5.68. The zero-order chi connectivity index (χ0) is 32.5. The minimum absolute atomic E-state index is 0.842. The lowest BCUT2D eigenvalue weighted by atomic mass is 9.95. The molecule has 3 heterocycles. The summed E-state index contributed by atoms with van der Waals surface area (Å²) >= 11 is 1.88. The number of aromatic nitrogens is 3. The van der Waals surface area contributed by atoms with E-state index >= 15 is 0 Å². The van der Waals surface area contributed by atoms with Gasteiger partial charge in [0.05, 0.1) is 22.1 Å². The molecule has 0 atom stereocenters. The molecular weight excluding hydrogens is 627 g/mol. The minimum atomic E-state index is 0.842. The second-order valence-corrected chi connectivity index (χ2v) is 14.4. The predicted octanol–water partition coefficient (Wildman–Crippen LogP) is 12.8. The fourth-order valence-electron chi connectivity index (χ4n) is 8.64. The van der Waals surface area contributed by atoms with E-state index in [0.29, 0.717) is 0 Å². The third-order valence-corrected chi connectivity index (χ3v) is 11.8. The first kappa shape index (κ1) is 26.6. The van der Waals surface area contributed by atoms with Gasteiger partial charge in [-0.25, -0.2) is 9.97 Å². The molecule has 0 spiro atoms. The Balaban J connectivity index is 1.36. The molecule has 0 aliphatic carbocycles. The summed E-state index contributed by atoms with van der Waals surface area (Å²) in [4.78, 5) is 11.2. The smallest absolute Gasteiger partial charge is 0.165 e. The number of hydrogen-bond donors (Lipinski definition) is 0. The summed E-state index contributed by atoms with van der Waals surface area (Å²) in [5.41, 5.74) is 6.02. The van der Waals surface area contributed by atoms with Crippen LogP contribution in [-0.2, 0) is 0 Å². The van der Waals surface area contributed by atoms with Crippen molar-refractivity contribution in [1.29, 1.82) is 0 Å². The van der Waals surface area contributed by atoms with Crippen LogP contribution < -0.4 is 0 Å². The first-order valence-corrected chi connectivity index (χ1v) is 17.8. The number of nitrogens with zero attached hydrogens (tertiary/aromatic N) is 3. The molecule has 0 aliphatic heterocycles. The minimum Gasteiger partial charge on any atom is -0.292 e. The van der Waals surface area contributed by atoms with E-state index in [1.54, 1.807) is 0 Å². The lowest BCUT2D eigenvalue weighted by Gasteiger charge is -2.16. The predicted molar refractivity (Wildman–Crippen MR) is 213 cm³/mol. The van der Waals surface area contributed by atoms with Crippen molar-refractivity contribution in [1.82, 2.24) is 14.5 Å². The maximum atomic E-state index is 5.68. The summed E-state index contributed by atoms with van der Waals surface area (Å²) in [6.45, 7) is 0. The summed E-state index contributed by atoms with van der Waals surface area (Å²) < 4.78 is 5.02. The van der Waals surface area contributed by atoms with Gasteiger partial charge in [-0.05, 0) is 68.0 Å². The Kier molecular flexibility index (Phi) is 5.12. The highest BCUT2D eigenvalue weighted by atomic mass is 32.1. The van der Waals surface area contributed by atoms with Crippen molar-refractivity contribution in [3.05, 3.63) is 152 Å². The zero-order valence-corrected chi connectivity index (χ0v) is 27.5. The molecule has 230 valence electrons. The number of hydrogen-bond acceptors (Lipinski definition) is 3. The Labute approximate surface area is 289 Å². The molecule has 4 heteroatoms. The molecule has 0 radical (unpaired) electrons. The van der Waals surface area contributed by atoms with Crippen molar-refractivity contribution in [2.75, 3.05) is 0 Å². The van der Waals surface area contributed by atoms with E-state index in [-0.39, 0.29) is 0 Å². The molecular formula is C46H25N3S. The van der Waals surface area contributed by atoms with Crippen LogP contribution in [0.25, 0.3) is 113 Å². The SMILES string of the molecule is c1ccc2c(-c3nc4ccc5ccccc5c4nc3-n3c4cccc5c6ccccc6c6cccc7sc8ccc3c(c8c76)c54)cccc2c1. The number of benzene rings is 8.